The van der Waals surface area contributed by atoms with E-state index in [1.165, 1.54) is 5.54 Å². The molecule has 0 radical (unpaired) electrons. The molecule has 98 valence electrons. The predicted octanol–water partition coefficient (Wildman–Crippen LogP) is 1.93. The fraction of sp³-hybridized carbons (Fsp3) is 0.636. The Morgan fingerprint density at radius 2 is 2.00 bits per heavy atom. The van der Waals surface area contributed by atoms with Gasteiger partial charge in [0.25, 0.3) is 0 Å². The Bertz CT molecular complexity index is 303. The van der Waals surface area contributed by atoms with Crippen molar-refractivity contribution >= 4 is 23.6 Å². The van der Waals surface area contributed by atoms with Crippen LogP contribution in [0.2, 0.25) is 0 Å². The number of amides is 2. The van der Waals surface area contributed by atoms with Crippen molar-refractivity contribution in [1.29, 1.82) is 0 Å². The molecule has 0 bridgehead atoms. The molecule has 0 rings (SSSR count). The number of carbonyl (C=O) groups excluding carboxylic acids is 1. The van der Waals surface area contributed by atoms with Crippen LogP contribution in [0.25, 0.3) is 0 Å². The van der Waals surface area contributed by atoms with Crippen molar-refractivity contribution in [2.45, 2.75) is 33.2 Å². The van der Waals surface area contributed by atoms with Gasteiger partial charge >= 0.3 is 12.0 Å². The Morgan fingerprint density at radius 1 is 1.41 bits per heavy atom. The Morgan fingerprint density at radius 3 is 2.41 bits per heavy atom. The lowest BCUT2D eigenvalue weighted by Crippen LogP contribution is -2.46. The van der Waals surface area contributed by atoms with Gasteiger partial charge in [0, 0.05) is 12.1 Å². The van der Waals surface area contributed by atoms with E-state index < -0.39 is 18.0 Å². The number of urea groups is 1. The fourth-order valence-electron chi connectivity index (χ4n) is 1.16. The SMILES string of the molecule is CC(=CCl)CNC(=O)NC(CC(C)C)C(=O)O. The minimum atomic E-state index is -1.03. The highest BCUT2D eigenvalue weighted by Gasteiger charge is 2.20. The largest absolute Gasteiger partial charge is 0.480 e. The van der Waals surface area contributed by atoms with E-state index in [4.69, 9.17) is 16.7 Å². The maximum Gasteiger partial charge on any atom is 0.326 e. The van der Waals surface area contributed by atoms with Crippen molar-refractivity contribution in [1.82, 2.24) is 10.6 Å². The first-order chi connectivity index (χ1) is 7.86. The average Bonchev–Trinajstić information content (AvgIpc) is 2.24. The van der Waals surface area contributed by atoms with Gasteiger partial charge in [-0.25, -0.2) is 9.59 Å². The molecule has 0 aliphatic heterocycles. The number of halogens is 1. The monoisotopic (exact) mass is 262 g/mol. The van der Waals surface area contributed by atoms with E-state index in [0.29, 0.717) is 13.0 Å². The van der Waals surface area contributed by atoms with Gasteiger partial charge in [0.2, 0.25) is 0 Å². The summed E-state index contributed by atoms with van der Waals surface area (Å²) in [5.74, 6) is -0.834. The van der Waals surface area contributed by atoms with Gasteiger partial charge in [0.15, 0.2) is 0 Å². The van der Waals surface area contributed by atoms with Gasteiger partial charge in [0.05, 0.1) is 0 Å². The molecule has 0 aromatic heterocycles. The summed E-state index contributed by atoms with van der Waals surface area (Å²) in [5, 5.41) is 13.9. The standard InChI is InChI=1S/C11H19ClN2O3/c1-7(2)4-9(10(15)16)14-11(17)13-6-8(3)5-12/h5,7,9H,4,6H2,1-3H3,(H,15,16)(H2,13,14,17). The zero-order valence-corrected chi connectivity index (χ0v) is 11.0. The van der Waals surface area contributed by atoms with Crippen LogP contribution in [0.5, 0.6) is 0 Å². The lowest BCUT2D eigenvalue weighted by atomic mass is 10.0. The first kappa shape index (κ1) is 15.8. The predicted molar refractivity (Wildman–Crippen MR) is 67.0 cm³/mol. The zero-order chi connectivity index (χ0) is 13.4. The molecule has 2 amide bonds. The molecule has 0 aromatic rings. The molecule has 6 heteroatoms. The van der Waals surface area contributed by atoms with E-state index in [9.17, 15) is 9.59 Å². The molecular formula is C11H19ClN2O3. The average molecular weight is 263 g/mol. The molecule has 0 heterocycles. The summed E-state index contributed by atoms with van der Waals surface area (Å²) in [7, 11) is 0. The van der Waals surface area contributed by atoms with E-state index in [-0.39, 0.29) is 5.92 Å². The van der Waals surface area contributed by atoms with Crippen molar-refractivity contribution in [3.63, 3.8) is 0 Å². The van der Waals surface area contributed by atoms with Crippen LogP contribution in [0.15, 0.2) is 11.1 Å². The Kier molecular flexibility index (Phi) is 7.37. The summed E-state index contributed by atoms with van der Waals surface area (Å²) >= 11 is 5.43. The number of carboxylic acids is 1. The smallest absolute Gasteiger partial charge is 0.326 e. The molecule has 5 nitrogen and oxygen atoms in total. The maximum atomic E-state index is 11.4. The zero-order valence-electron chi connectivity index (χ0n) is 10.3. The number of nitrogens with one attached hydrogen (secondary N) is 2. The summed E-state index contributed by atoms with van der Waals surface area (Å²) in [6.07, 6.45) is 0.396. The topological polar surface area (TPSA) is 78.4 Å². The number of hydrogen-bond acceptors (Lipinski definition) is 2. The van der Waals surface area contributed by atoms with E-state index in [0.717, 1.165) is 5.57 Å². The fourth-order valence-corrected chi connectivity index (χ4v) is 1.24. The Balaban J connectivity index is 4.17. The van der Waals surface area contributed by atoms with Crippen LogP contribution in [0, 0.1) is 5.92 Å². The maximum absolute atomic E-state index is 11.4. The van der Waals surface area contributed by atoms with E-state index in [1.54, 1.807) is 6.92 Å². The molecular weight excluding hydrogens is 244 g/mol. The molecule has 0 saturated carbocycles. The summed E-state index contributed by atoms with van der Waals surface area (Å²) in [5.41, 5.74) is 2.15. The Labute approximate surface area is 106 Å². The molecule has 17 heavy (non-hydrogen) atoms. The first-order valence-electron chi connectivity index (χ1n) is 5.39. The van der Waals surface area contributed by atoms with Crippen LogP contribution >= 0.6 is 11.6 Å². The van der Waals surface area contributed by atoms with Crippen LogP contribution in [0.3, 0.4) is 0 Å². The van der Waals surface area contributed by atoms with Crippen molar-refractivity contribution < 1.29 is 14.7 Å². The van der Waals surface area contributed by atoms with Crippen molar-refractivity contribution in [3.8, 4) is 0 Å². The van der Waals surface area contributed by atoms with Gasteiger partial charge in [-0.1, -0.05) is 25.4 Å². The van der Waals surface area contributed by atoms with Crippen molar-refractivity contribution in [2.24, 2.45) is 5.92 Å². The number of carbonyl (C=O) groups is 2. The molecule has 0 aromatic carbocycles. The van der Waals surface area contributed by atoms with Crippen LogP contribution in [-0.2, 0) is 4.79 Å². The summed E-state index contributed by atoms with van der Waals surface area (Å²) in [4.78, 5) is 22.3. The van der Waals surface area contributed by atoms with Crippen LogP contribution < -0.4 is 10.6 Å². The van der Waals surface area contributed by atoms with Crippen molar-refractivity contribution in [2.75, 3.05) is 6.54 Å². The summed E-state index contributed by atoms with van der Waals surface area (Å²) in [6.45, 7) is 5.85. The number of hydrogen-bond donors (Lipinski definition) is 3. The van der Waals surface area contributed by atoms with E-state index in [1.807, 2.05) is 13.8 Å². The van der Waals surface area contributed by atoms with Crippen LogP contribution in [0.1, 0.15) is 27.2 Å². The third-order valence-corrected chi connectivity index (χ3v) is 2.40. The second kappa shape index (κ2) is 7.95. The van der Waals surface area contributed by atoms with E-state index >= 15 is 0 Å². The first-order valence-corrected chi connectivity index (χ1v) is 5.83. The Hall–Kier alpha value is -1.23. The molecule has 0 fully saturated rings. The van der Waals surface area contributed by atoms with Gasteiger partial charge < -0.3 is 15.7 Å². The van der Waals surface area contributed by atoms with Crippen LogP contribution in [-0.4, -0.2) is 29.7 Å². The third kappa shape index (κ3) is 7.63. The van der Waals surface area contributed by atoms with Gasteiger partial charge in [-0.2, -0.15) is 0 Å². The minimum Gasteiger partial charge on any atom is -0.480 e. The molecule has 0 aliphatic rings. The molecule has 0 aliphatic carbocycles. The second-order valence-corrected chi connectivity index (χ2v) is 4.52. The highest BCUT2D eigenvalue weighted by Crippen LogP contribution is 2.04. The summed E-state index contributed by atoms with van der Waals surface area (Å²) < 4.78 is 0. The lowest BCUT2D eigenvalue weighted by Gasteiger charge is -2.16. The normalized spacial score (nSPS) is 13.4. The molecule has 1 unspecified atom stereocenters. The number of rotatable bonds is 6. The van der Waals surface area contributed by atoms with Gasteiger partial charge in [-0.3, -0.25) is 0 Å². The van der Waals surface area contributed by atoms with E-state index in [2.05, 4.69) is 10.6 Å². The summed E-state index contributed by atoms with van der Waals surface area (Å²) in [6, 6.07) is -1.37. The molecule has 1 atom stereocenters. The number of aliphatic carboxylic acids is 1. The second-order valence-electron chi connectivity index (χ2n) is 4.30. The minimum absolute atomic E-state index is 0.195. The van der Waals surface area contributed by atoms with Gasteiger partial charge in [0.1, 0.15) is 6.04 Å². The number of carboxylic acid groups (broad SMARTS) is 1. The highest BCUT2D eigenvalue weighted by atomic mass is 35.5. The molecule has 0 saturated heterocycles. The third-order valence-electron chi connectivity index (χ3n) is 2.02. The van der Waals surface area contributed by atoms with Gasteiger partial charge in [-0.05, 0) is 24.8 Å². The molecule has 0 spiro atoms. The molecule has 3 N–H and O–H groups in total. The van der Waals surface area contributed by atoms with Crippen LogP contribution in [0.4, 0.5) is 4.79 Å². The van der Waals surface area contributed by atoms with Crippen molar-refractivity contribution in [3.05, 3.63) is 11.1 Å². The highest BCUT2D eigenvalue weighted by molar-refractivity contribution is 6.25. The lowest BCUT2D eigenvalue weighted by molar-refractivity contribution is -0.139. The van der Waals surface area contributed by atoms with Gasteiger partial charge in [-0.15, -0.1) is 0 Å². The quantitative estimate of drug-likeness (QED) is 0.684.